The first-order valence-electron chi connectivity index (χ1n) is 4.94. The van der Waals surface area contributed by atoms with Crippen LogP contribution < -0.4 is 0 Å². The Hall–Kier alpha value is -0.860. The fraction of sp³-hybridized carbons (Fsp3) is 0.500. The summed E-state index contributed by atoms with van der Waals surface area (Å²) in [6.07, 6.45) is 0. The number of aliphatic hydroxyl groups excluding tert-OH is 1. The Bertz CT molecular complexity index is 335. The van der Waals surface area contributed by atoms with Gasteiger partial charge in [0.2, 0.25) is 0 Å². The Morgan fingerprint density at radius 1 is 1.36 bits per heavy atom. The molecule has 1 heterocycles. The first-order valence-corrected chi connectivity index (χ1v) is 4.94. The second-order valence-electron chi connectivity index (χ2n) is 4.25. The maximum Gasteiger partial charge on any atom is 0.0653 e. The minimum Gasteiger partial charge on any atom is -0.395 e. The van der Waals surface area contributed by atoms with E-state index in [1.165, 1.54) is 16.7 Å². The Kier molecular flexibility index (Phi) is 2.33. The summed E-state index contributed by atoms with van der Waals surface area (Å²) in [5.74, 6) is 0. The Balaban J connectivity index is 2.40. The van der Waals surface area contributed by atoms with Gasteiger partial charge in [-0.05, 0) is 25.0 Å². The molecule has 0 unspecified atom stereocenters. The van der Waals surface area contributed by atoms with Crippen LogP contribution in [0.4, 0.5) is 0 Å². The van der Waals surface area contributed by atoms with Crippen LogP contribution in [-0.4, -0.2) is 24.9 Å². The van der Waals surface area contributed by atoms with Crippen LogP contribution in [0.2, 0.25) is 0 Å². The van der Waals surface area contributed by atoms with Gasteiger partial charge in [-0.2, -0.15) is 0 Å². The van der Waals surface area contributed by atoms with Gasteiger partial charge in [0.1, 0.15) is 0 Å². The van der Waals surface area contributed by atoms with E-state index in [4.69, 9.17) is 4.74 Å². The molecule has 2 nitrogen and oxygen atoms in total. The monoisotopic (exact) mass is 192 g/mol. The van der Waals surface area contributed by atoms with E-state index in [9.17, 15) is 5.11 Å². The van der Waals surface area contributed by atoms with Gasteiger partial charge in [-0.1, -0.05) is 23.8 Å². The van der Waals surface area contributed by atoms with Crippen LogP contribution in [0.15, 0.2) is 18.2 Å². The summed E-state index contributed by atoms with van der Waals surface area (Å²) in [5, 5.41) is 9.40. The van der Waals surface area contributed by atoms with Crippen molar-refractivity contribution in [1.29, 1.82) is 0 Å². The van der Waals surface area contributed by atoms with Gasteiger partial charge < -0.3 is 9.84 Å². The third-order valence-electron chi connectivity index (χ3n) is 3.01. The molecule has 1 aliphatic rings. The Labute approximate surface area is 84.5 Å². The van der Waals surface area contributed by atoms with Gasteiger partial charge in [-0.15, -0.1) is 0 Å². The highest BCUT2D eigenvalue weighted by Gasteiger charge is 2.40. The van der Waals surface area contributed by atoms with Gasteiger partial charge in [0.05, 0.1) is 25.2 Å². The number of aliphatic hydroxyl groups is 1. The van der Waals surface area contributed by atoms with E-state index in [2.05, 4.69) is 32.0 Å². The highest BCUT2D eigenvalue weighted by molar-refractivity contribution is 5.38. The molecule has 0 saturated carbocycles. The lowest BCUT2D eigenvalue weighted by molar-refractivity contribution is -0.0844. The zero-order valence-corrected chi connectivity index (χ0v) is 8.71. The normalized spacial score (nSPS) is 19.1. The lowest BCUT2D eigenvalue weighted by atomic mass is 9.77. The van der Waals surface area contributed by atoms with E-state index in [0.717, 1.165) is 0 Å². The summed E-state index contributed by atoms with van der Waals surface area (Å²) < 4.78 is 5.21. The molecule has 0 amide bonds. The highest BCUT2D eigenvalue weighted by Crippen LogP contribution is 2.34. The Morgan fingerprint density at radius 3 is 2.50 bits per heavy atom. The van der Waals surface area contributed by atoms with Crippen molar-refractivity contribution in [2.45, 2.75) is 19.3 Å². The minimum absolute atomic E-state index is 0.127. The molecule has 0 atom stereocenters. The number of aryl methyl sites for hydroxylation is 2. The van der Waals surface area contributed by atoms with Crippen LogP contribution in [0, 0.1) is 13.8 Å². The molecular formula is C12H16O2. The summed E-state index contributed by atoms with van der Waals surface area (Å²) in [7, 11) is 0. The standard InChI is InChI=1S/C12H16O2/c1-9-3-4-11(10(2)5-9)12(6-13)7-14-8-12/h3-5,13H,6-8H2,1-2H3. The van der Waals surface area contributed by atoms with Gasteiger partial charge in [0, 0.05) is 0 Å². The van der Waals surface area contributed by atoms with E-state index >= 15 is 0 Å². The number of hydrogen-bond acceptors (Lipinski definition) is 2. The first kappa shape index (κ1) is 9.69. The molecule has 2 rings (SSSR count). The van der Waals surface area contributed by atoms with E-state index in [1.807, 2.05) is 0 Å². The van der Waals surface area contributed by atoms with Crippen LogP contribution in [0.3, 0.4) is 0 Å². The predicted octanol–water partition coefficient (Wildman–Crippen LogP) is 1.56. The van der Waals surface area contributed by atoms with Crippen molar-refractivity contribution in [2.75, 3.05) is 19.8 Å². The van der Waals surface area contributed by atoms with Crippen LogP contribution >= 0.6 is 0 Å². The van der Waals surface area contributed by atoms with E-state index < -0.39 is 0 Å². The average Bonchev–Trinajstić information content (AvgIpc) is 2.07. The van der Waals surface area contributed by atoms with Gasteiger partial charge in [-0.25, -0.2) is 0 Å². The SMILES string of the molecule is Cc1ccc(C2(CO)COC2)c(C)c1. The van der Waals surface area contributed by atoms with Crippen LogP contribution in [0.1, 0.15) is 16.7 Å². The van der Waals surface area contributed by atoms with Gasteiger partial charge >= 0.3 is 0 Å². The molecule has 14 heavy (non-hydrogen) atoms. The molecule has 1 aliphatic heterocycles. The van der Waals surface area contributed by atoms with Crippen molar-refractivity contribution in [3.8, 4) is 0 Å². The summed E-state index contributed by atoms with van der Waals surface area (Å²) in [4.78, 5) is 0. The van der Waals surface area contributed by atoms with Crippen molar-refractivity contribution >= 4 is 0 Å². The van der Waals surface area contributed by atoms with Crippen molar-refractivity contribution in [2.24, 2.45) is 0 Å². The summed E-state index contributed by atoms with van der Waals surface area (Å²) in [6.45, 7) is 5.65. The van der Waals surface area contributed by atoms with Gasteiger partial charge in [-0.3, -0.25) is 0 Å². The van der Waals surface area contributed by atoms with Crippen molar-refractivity contribution in [3.05, 3.63) is 34.9 Å². The number of ether oxygens (including phenoxy) is 1. The summed E-state index contributed by atoms with van der Waals surface area (Å²) >= 11 is 0. The summed E-state index contributed by atoms with van der Waals surface area (Å²) in [6, 6.07) is 6.37. The highest BCUT2D eigenvalue weighted by atomic mass is 16.5. The fourth-order valence-corrected chi connectivity index (χ4v) is 2.09. The van der Waals surface area contributed by atoms with Crippen molar-refractivity contribution in [3.63, 3.8) is 0 Å². The van der Waals surface area contributed by atoms with Gasteiger partial charge in [0.15, 0.2) is 0 Å². The summed E-state index contributed by atoms with van der Waals surface area (Å²) in [5.41, 5.74) is 3.62. The minimum atomic E-state index is -0.127. The molecule has 1 saturated heterocycles. The molecule has 0 radical (unpaired) electrons. The maximum absolute atomic E-state index is 9.40. The molecule has 0 bridgehead atoms. The molecule has 1 N–H and O–H groups in total. The molecule has 1 aromatic rings. The smallest absolute Gasteiger partial charge is 0.0653 e. The largest absolute Gasteiger partial charge is 0.395 e. The molecule has 2 heteroatoms. The molecule has 76 valence electrons. The number of benzene rings is 1. The van der Waals surface area contributed by atoms with E-state index in [0.29, 0.717) is 13.2 Å². The molecule has 0 spiro atoms. The quantitative estimate of drug-likeness (QED) is 0.770. The lowest BCUT2D eigenvalue weighted by Gasteiger charge is -2.41. The molecule has 1 aromatic carbocycles. The second kappa shape index (κ2) is 3.37. The predicted molar refractivity (Wildman–Crippen MR) is 55.5 cm³/mol. The zero-order chi connectivity index (χ0) is 10.2. The van der Waals surface area contributed by atoms with E-state index in [-0.39, 0.29) is 12.0 Å². The fourth-order valence-electron chi connectivity index (χ4n) is 2.09. The van der Waals surface area contributed by atoms with E-state index in [1.54, 1.807) is 0 Å². The Morgan fingerprint density at radius 2 is 2.07 bits per heavy atom. The molecule has 0 aliphatic carbocycles. The zero-order valence-electron chi connectivity index (χ0n) is 8.71. The van der Waals surface area contributed by atoms with Crippen molar-refractivity contribution < 1.29 is 9.84 Å². The second-order valence-corrected chi connectivity index (χ2v) is 4.25. The van der Waals surface area contributed by atoms with Crippen LogP contribution in [0.25, 0.3) is 0 Å². The molecule has 0 aromatic heterocycles. The number of hydrogen-bond donors (Lipinski definition) is 1. The topological polar surface area (TPSA) is 29.5 Å². The average molecular weight is 192 g/mol. The number of rotatable bonds is 2. The molecule has 1 fully saturated rings. The van der Waals surface area contributed by atoms with Crippen molar-refractivity contribution in [1.82, 2.24) is 0 Å². The third-order valence-corrected chi connectivity index (χ3v) is 3.01. The van der Waals surface area contributed by atoms with Crippen LogP contribution in [-0.2, 0) is 10.2 Å². The van der Waals surface area contributed by atoms with Gasteiger partial charge in [0.25, 0.3) is 0 Å². The van der Waals surface area contributed by atoms with Crippen LogP contribution in [0.5, 0.6) is 0 Å². The lowest BCUT2D eigenvalue weighted by Crippen LogP contribution is -2.50. The maximum atomic E-state index is 9.40. The first-order chi connectivity index (χ1) is 6.68. The third kappa shape index (κ3) is 1.35. The molecular weight excluding hydrogens is 176 g/mol.